The molecule has 1 aliphatic heterocycles. The highest BCUT2D eigenvalue weighted by Gasteiger charge is 2.42. The number of hydrogen-bond acceptors (Lipinski definition) is 2. The zero-order valence-electron chi connectivity index (χ0n) is 9.00. The fraction of sp³-hybridized carbons (Fsp3) is 0.364. The molecule has 0 radical (unpaired) electrons. The highest BCUT2D eigenvalue weighted by Crippen LogP contribution is 2.41. The van der Waals surface area contributed by atoms with Crippen molar-refractivity contribution < 1.29 is 9.97 Å². The number of amides is 1. The molecule has 78 valence electrons. The van der Waals surface area contributed by atoms with Crippen LogP contribution in [0.2, 0.25) is 0 Å². The third kappa shape index (κ3) is 1.17. The molecule has 1 aliphatic rings. The van der Waals surface area contributed by atoms with E-state index in [0.717, 1.165) is 11.3 Å². The topological polar surface area (TPSA) is 51.4 Å². The Morgan fingerprint density at radius 1 is 1.33 bits per heavy atom. The van der Waals surface area contributed by atoms with Gasteiger partial charge in [0.25, 0.3) is 5.69 Å². The van der Waals surface area contributed by atoms with Gasteiger partial charge in [-0.15, -0.1) is 0 Å². The van der Waals surface area contributed by atoms with Crippen LogP contribution in [0.1, 0.15) is 19.4 Å². The second-order valence-corrected chi connectivity index (χ2v) is 4.32. The first-order chi connectivity index (χ1) is 6.98. The number of nitrogens with zero attached hydrogens (tertiary/aromatic N) is 1. The van der Waals surface area contributed by atoms with Gasteiger partial charge in [0.15, 0.2) is 0 Å². The predicted octanol–water partition coefficient (Wildman–Crippen LogP) is 0.419. The van der Waals surface area contributed by atoms with E-state index in [4.69, 9.17) is 0 Å². The van der Waals surface area contributed by atoms with Gasteiger partial charge < -0.3 is 4.90 Å². The molecular formula is C11H13N2O2+. The second-order valence-electron chi connectivity index (χ2n) is 4.32. The Morgan fingerprint density at radius 3 is 2.60 bits per heavy atom. The number of carbonyl (C=O) groups excluding carboxylic acids is 1. The molecule has 1 aromatic rings. The van der Waals surface area contributed by atoms with Crippen LogP contribution in [-0.2, 0) is 10.2 Å². The van der Waals surface area contributed by atoms with Gasteiger partial charge in [-0.05, 0) is 25.5 Å². The number of hydrogen-bond donors (Lipinski definition) is 1. The van der Waals surface area contributed by atoms with Crippen molar-refractivity contribution in [3.8, 4) is 0 Å². The van der Waals surface area contributed by atoms with Crippen molar-refractivity contribution in [2.75, 3.05) is 11.9 Å². The molecule has 0 saturated heterocycles. The predicted molar refractivity (Wildman–Crippen MR) is 56.9 cm³/mol. The zero-order chi connectivity index (χ0) is 11.2. The van der Waals surface area contributed by atoms with Gasteiger partial charge in [-0.2, -0.15) is 0 Å². The van der Waals surface area contributed by atoms with Crippen LogP contribution in [0.25, 0.3) is 0 Å². The van der Waals surface area contributed by atoms with Crippen molar-refractivity contribution in [3.63, 3.8) is 0 Å². The van der Waals surface area contributed by atoms with E-state index in [1.165, 1.54) is 0 Å². The number of nitrogens with one attached hydrogen (secondary N) is 1. The summed E-state index contributed by atoms with van der Waals surface area (Å²) in [5.74, 6) is 0.0561. The highest BCUT2D eigenvalue weighted by atomic mass is 16.3. The average Bonchev–Trinajstić information content (AvgIpc) is 2.40. The number of rotatable bonds is 1. The first-order valence-corrected chi connectivity index (χ1v) is 4.79. The molecule has 4 nitrogen and oxygen atoms in total. The van der Waals surface area contributed by atoms with Crippen LogP contribution in [0.3, 0.4) is 0 Å². The normalized spacial score (nSPS) is 17.8. The minimum Gasteiger partial charge on any atom is -0.314 e. The summed E-state index contributed by atoms with van der Waals surface area (Å²) in [7, 11) is 1.75. The van der Waals surface area contributed by atoms with E-state index in [1.807, 2.05) is 19.0 Å². The molecule has 1 heterocycles. The van der Waals surface area contributed by atoms with Crippen molar-refractivity contribution in [1.82, 2.24) is 0 Å². The van der Waals surface area contributed by atoms with Crippen LogP contribution >= 0.6 is 0 Å². The summed E-state index contributed by atoms with van der Waals surface area (Å²) >= 11 is 0. The molecule has 0 spiro atoms. The summed E-state index contributed by atoms with van der Waals surface area (Å²) in [6, 6.07) is 5.21. The number of likely N-dealkylation sites (N-methyl/N-ethyl adjacent to an activating group) is 1. The van der Waals surface area contributed by atoms with Gasteiger partial charge >= 0.3 is 0 Å². The van der Waals surface area contributed by atoms with Gasteiger partial charge in [-0.3, -0.25) is 4.79 Å². The van der Waals surface area contributed by atoms with Gasteiger partial charge in [0, 0.05) is 35.0 Å². The summed E-state index contributed by atoms with van der Waals surface area (Å²) in [6.07, 6.45) is 0. The van der Waals surface area contributed by atoms with Crippen LogP contribution in [-0.4, -0.2) is 13.0 Å². The Kier molecular flexibility index (Phi) is 1.89. The summed E-state index contributed by atoms with van der Waals surface area (Å²) in [5.41, 5.74) is 1.72. The minimum absolute atomic E-state index is 0.0561. The van der Waals surface area contributed by atoms with E-state index in [1.54, 1.807) is 30.1 Å². The molecule has 4 heteroatoms. The molecule has 1 amide bonds. The van der Waals surface area contributed by atoms with E-state index in [0.29, 0.717) is 5.69 Å². The fourth-order valence-electron chi connectivity index (χ4n) is 2.04. The molecule has 0 aromatic heterocycles. The van der Waals surface area contributed by atoms with Crippen LogP contribution in [0.5, 0.6) is 0 Å². The molecule has 0 atom stereocenters. The Hall–Kier alpha value is -1.71. The molecule has 0 saturated carbocycles. The van der Waals surface area contributed by atoms with E-state index in [9.17, 15) is 9.70 Å². The van der Waals surface area contributed by atoms with Crippen molar-refractivity contribution in [3.05, 3.63) is 28.7 Å². The largest absolute Gasteiger partial charge is 0.314 e. The summed E-state index contributed by atoms with van der Waals surface area (Å²) < 4.78 is 0. The summed E-state index contributed by atoms with van der Waals surface area (Å²) in [4.78, 5) is 24.1. The van der Waals surface area contributed by atoms with Crippen LogP contribution in [0, 0.1) is 4.91 Å². The first kappa shape index (κ1) is 9.83. The minimum atomic E-state index is -0.545. The molecule has 0 bridgehead atoms. The molecule has 0 unspecified atom stereocenters. The standard InChI is InChI=1S/C11H12N2O2/c1-11(2)8-6-7(12-15)4-5-9(8)13(3)10(11)14/h4-6H,1-3H3/p+1. The SMILES string of the molecule is CN1C(=O)C(C)(C)c2cc([NH+]=O)ccc21. The number of carbonyl (C=O) groups is 1. The maximum absolute atomic E-state index is 11.9. The molecule has 2 rings (SSSR count). The zero-order valence-corrected chi connectivity index (χ0v) is 9.00. The lowest BCUT2D eigenvalue weighted by molar-refractivity contribution is -0.379. The molecule has 1 aromatic carbocycles. The lowest BCUT2D eigenvalue weighted by Gasteiger charge is -2.16. The van der Waals surface area contributed by atoms with Crippen LogP contribution < -0.4 is 10.1 Å². The number of fused-ring (bicyclic) bond motifs is 1. The lowest BCUT2D eigenvalue weighted by atomic mass is 9.86. The maximum atomic E-state index is 11.9. The Balaban J connectivity index is 2.67. The molecule has 1 N–H and O–H groups in total. The number of nitroso groups, excluding NO2 is 1. The van der Waals surface area contributed by atoms with Gasteiger partial charge in [-0.25, -0.2) is 0 Å². The Morgan fingerprint density at radius 2 is 2.00 bits per heavy atom. The maximum Gasteiger partial charge on any atom is 0.253 e. The molecule has 15 heavy (non-hydrogen) atoms. The van der Waals surface area contributed by atoms with Crippen molar-refractivity contribution in [2.24, 2.45) is 0 Å². The van der Waals surface area contributed by atoms with Gasteiger partial charge in [0.1, 0.15) is 0 Å². The molecular weight excluding hydrogens is 192 g/mol. The second kappa shape index (κ2) is 2.89. The molecule has 0 fully saturated rings. The monoisotopic (exact) mass is 205 g/mol. The quantitative estimate of drug-likeness (QED) is 0.722. The number of benzene rings is 1. The van der Waals surface area contributed by atoms with Gasteiger partial charge in [0.05, 0.1) is 5.41 Å². The third-order valence-electron chi connectivity index (χ3n) is 2.99. The number of anilines is 1. The van der Waals surface area contributed by atoms with E-state index < -0.39 is 5.41 Å². The van der Waals surface area contributed by atoms with Gasteiger partial charge in [0.2, 0.25) is 5.91 Å². The van der Waals surface area contributed by atoms with Crippen molar-refractivity contribution in [1.29, 1.82) is 0 Å². The first-order valence-electron chi connectivity index (χ1n) is 4.79. The Labute approximate surface area is 87.9 Å². The highest BCUT2D eigenvalue weighted by molar-refractivity contribution is 6.07. The van der Waals surface area contributed by atoms with Crippen LogP contribution in [0.4, 0.5) is 11.4 Å². The average molecular weight is 205 g/mol. The lowest BCUT2D eigenvalue weighted by Crippen LogP contribution is -2.55. The van der Waals surface area contributed by atoms with E-state index >= 15 is 0 Å². The smallest absolute Gasteiger partial charge is 0.253 e. The van der Waals surface area contributed by atoms with Gasteiger partial charge in [-0.1, -0.05) is 0 Å². The van der Waals surface area contributed by atoms with E-state index in [-0.39, 0.29) is 5.91 Å². The van der Waals surface area contributed by atoms with Crippen molar-refractivity contribution >= 4 is 17.3 Å². The fourth-order valence-corrected chi connectivity index (χ4v) is 2.04. The summed E-state index contributed by atoms with van der Waals surface area (Å²) in [5, 5.41) is 1.84. The summed E-state index contributed by atoms with van der Waals surface area (Å²) in [6.45, 7) is 3.73. The Bertz CT molecular complexity index is 452. The van der Waals surface area contributed by atoms with Crippen LogP contribution in [0.15, 0.2) is 18.2 Å². The molecule has 0 aliphatic carbocycles. The van der Waals surface area contributed by atoms with Crippen molar-refractivity contribution in [2.45, 2.75) is 19.3 Å². The third-order valence-corrected chi connectivity index (χ3v) is 2.99. The van der Waals surface area contributed by atoms with E-state index in [2.05, 4.69) is 0 Å².